The highest BCUT2D eigenvalue weighted by atomic mass is 127. The van der Waals surface area contributed by atoms with Crippen LogP contribution >= 0.6 is 24.0 Å². The second-order valence-corrected chi connectivity index (χ2v) is 5.78. The fourth-order valence-corrected chi connectivity index (χ4v) is 2.99. The summed E-state index contributed by atoms with van der Waals surface area (Å²) in [4.78, 5) is 6.70. The number of aliphatic imine (C=N–C) groups is 1. The fourth-order valence-electron chi connectivity index (χ4n) is 2.99. The summed E-state index contributed by atoms with van der Waals surface area (Å²) >= 11 is 0. The van der Waals surface area contributed by atoms with Gasteiger partial charge < -0.3 is 24.4 Å². The second kappa shape index (κ2) is 12.3. The number of guanidine groups is 1. The maximum absolute atomic E-state index is 5.89. The van der Waals surface area contributed by atoms with E-state index in [0.29, 0.717) is 0 Å². The molecule has 0 radical (unpaired) electrons. The van der Waals surface area contributed by atoms with Crippen molar-refractivity contribution in [1.29, 1.82) is 0 Å². The highest BCUT2D eigenvalue weighted by Gasteiger charge is 2.32. The third-order valence-electron chi connectivity index (χ3n) is 4.19. The summed E-state index contributed by atoms with van der Waals surface area (Å²) in [6, 6.07) is 0. The Morgan fingerprint density at radius 2 is 2.09 bits per heavy atom. The van der Waals surface area contributed by atoms with Gasteiger partial charge in [-0.1, -0.05) is 0 Å². The molecule has 2 rings (SSSR count). The molecular formula is C16H32IN3O3. The van der Waals surface area contributed by atoms with Crippen molar-refractivity contribution in [2.75, 3.05) is 53.1 Å². The van der Waals surface area contributed by atoms with Gasteiger partial charge in [0.25, 0.3) is 0 Å². The second-order valence-electron chi connectivity index (χ2n) is 5.78. The highest BCUT2D eigenvalue weighted by Crippen LogP contribution is 2.20. The Hall–Kier alpha value is -0.120. The molecule has 2 heterocycles. The number of ether oxygens (including phenoxy) is 3. The molecule has 2 aliphatic heterocycles. The Balaban J connectivity index is 0.00000264. The Kier molecular flexibility index (Phi) is 11.2. The maximum atomic E-state index is 5.89. The van der Waals surface area contributed by atoms with Crippen molar-refractivity contribution in [2.45, 2.75) is 44.8 Å². The van der Waals surface area contributed by atoms with E-state index >= 15 is 0 Å². The predicted molar refractivity (Wildman–Crippen MR) is 103 cm³/mol. The van der Waals surface area contributed by atoms with Gasteiger partial charge >= 0.3 is 0 Å². The molecule has 7 heteroatoms. The first kappa shape index (κ1) is 20.9. The number of nitrogens with zero attached hydrogens (tertiary/aromatic N) is 2. The van der Waals surface area contributed by atoms with Crippen molar-refractivity contribution in [1.82, 2.24) is 10.2 Å². The number of hydrogen-bond donors (Lipinski definition) is 1. The van der Waals surface area contributed by atoms with E-state index in [4.69, 9.17) is 14.2 Å². The quantitative estimate of drug-likeness (QED) is 0.283. The van der Waals surface area contributed by atoms with Crippen LogP contribution in [0.1, 0.15) is 32.6 Å². The van der Waals surface area contributed by atoms with Crippen molar-refractivity contribution in [3.63, 3.8) is 0 Å². The van der Waals surface area contributed by atoms with E-state index in [1.807, 2.05) is 14.0 Å². The zero-order valence-electron chi connectivity index (χ0n) is 14.5. The van der Waals surface area contributed by atoms with Crippen LogP contribution in [0, 0.1) is 0 Å². The Morgan fingerprint density at radius 1 is 1.26 bits per heavy atom. The smallest absolute Gasteiger partial charge is 0.193 e. The van der Waals surface area contributed by atoms with Gasteiger partial charge in [-0.25, -0.2) is 0 Å². The summed E-state index contributed by atoms with van der Waals surface area (Å²) in [6.45, 7) is 7.98. The number of morpholine rings is 1. The van der Waals surface area contributed by atoms with Crippen LogP contribution in [0.2, 0.25) is 0 Å². The lowest BCUT2D eigenvalue weighted by Gasteiger charge is -2.37. The number of unbranched alkanes of at least 4 members (excludes halogenated alkanes) is 1. The minimum absolute atomic E-state index is 0. The largest absolute Gasteiger partial charge is 0.382 e. The average Bonchev–Trinajstić information content (AvgIpc) is 3.09. The van der Waals surface area contributed by atoms with Crippen LogP contribution in [0.5, 0.6) is 0 Å². The van der Waals surface area contributed by atoms with E-state index in [0.717, 1.165) is 77.7 Å². The Labute approximate surface area is 157 Å². The lowest BCUT2D eigenvalue weighted by atomic mass is 10.1. The topological polar surface area (TPSA) is 55.3 Å². The van der Waals surface area contributed by atoms with Gasteiger partial charge in [-0.3, -0.25) is 4.99 Å². The normalized spacial score (nSPS) is 25.3. The summed E-state index contributed by atoms with van der Waals surface area (Å²) in [5.74, 6) is 0.975. The van der Waals surface area contributed by atoms with Crippen molar-refractivity contribution >= 4 is 29.9 Å². The molecule has 1 N–H and O–H groups in total. The molecule has 0 bridgehead atoms. The summed E-state index contributed by atoms with van der Waals surface area (Å²) in [5.41, 5.74) is 0. The first-order valence-electron chi connectivity index (χ1n) is 8.61. The molecule has 0 saturated carbocycles. The first-order chi connectivity index (χ1) is 10.8. The highest BCUT2D eigenvalue weighted by molar-refractivity contribution is 14.0. The molecule has 0 aromatic rings. The van der Waals surface area contributed by atoms with Crippen molar-refractivity contribution in [3.8, 4) is 0 Å². The summed E-state index contributed by atoms with van der Waals surface area (Å²) < 4.78 is 17.0. The maximum Gasteiger partial charge on any atom is 0.193 e. The predicted octanol–water partition coefficient (Wildman–Crippen LogP) is 1.88. The zero-order chi connectivity index (χ0) is 15.6. The van der Waals surface area contributed by atoms with Gasteiger partial charge in [0.05, 0.1) is 12.7 Å². The van der Waals surface area contributed by atoms with Crippen LogP contribution in [0.3, 0.4) is 0 Å². The monoisotopic (exact) mass is 441 g/mol. The molecule has 0 spiro atoms. The summed E-state index contributed by atoms with van der Waals surface area (Å²) in [7, 11) is 1.85. The minimum atomic E-state index is 0. The van der Waals surface area contributed by atoms with E-state index in [2.05, 4.69) is 15.2 Å². The molecule has 2 aliphatic rings. The van der Waals surface area contributed by atoms with Crippen LogP contribution in [-0.2, 0) is 14.2 Å². The molecule has 2 unspecified atom stereocenters. The number of halogens is 1. The number of rotatable bonds is 7. The molecule has 0 aliphatic carbocycles. The van der Waals surface area contributed by atoms with Crippen molar-refractivity contribution in [3.05, 3.63) is 0 Å². The molecule has 0 aromatic heterocycles. The van der Waals surface area contributed by atoms with E-state index in [1.54, 1.807) is 0 Å². The van der Waals surface area contributed by atoms with Gasteiger partial charge in [0.2, 0.25) is 0 Å². The molecule has 136 valence electrons. The van der Waals surface area contributed by atoms with Gasteiger partial charge in [0.1, 0.15) is 6.10 Å². The minimum Gasteiger partial charge on any atom is -0.382 e. The van der Waals surface area contributed by atoms with Gasteiger partial charge in [-0.15, -0.1) is 24.0 Å². The standard InChI is InChI=1S/C16H31N3O3.HI/c1-3-20-10-5-4-8-18-16(17-2)19-9-12-22-15(13-19)14-7-6-11-21-14;/h14-15H,3-13H2,1-2H3,(H,17,18);1H. The average molecular weight is 441 g/mol. The molecule has 0 amide bonds. The zero-order valence-corrected chi connectivity index (χ0v) is 16.8. The van der Waals surface area contributed by atoms with Crippen LogP contribution in [0.25, 0.3) is 0 Å². The van der Waals surface area contributed by atoms with Crippen molar-refractivity contribution < 1.29 is 14.2 Å². The van der Waals surface area contributed by atoms with Crippen LogP contribution in [0.4, 0.5) is 0 Å². The van der Waals surface area contributed by atoms with E-state index in [-0.39, 0.29) is 36.2 Å². The molecule has 2 saturated heterocycles. The van der Waals surface area contributed by atoms with Crippen LogP contribution in [0.15, 0.2) is 4.99 Å². The Bertz CT molecular complexity index is 339. The Morgan fingerprint density at radius 3 is 2.78 bits per heavy atom. The summed E-state index contributed by atoms with van der Waals surface area (Å²) in [5, 5.41) is 3.45. The molecule has 23 heavy (non-hydrogen) atoms. The lowest BCUT2D eigenvalue weighted by molar-refractivity contribution is -0.0816. The summed E-state index contributed by atoms with van der Waals surface area (Å²) in [6.07, 6.45) is 4.87. The number of nitrogens with one attached hydrogen (secondary N) is 1. The third-order valence-corrected chi connectivity index (χ3v) is 4.19. The third kappa shape index (κ3) is 7.11. The first-order valence-corrected chi connectivity index (χ1v) is 8.61. The lowest BCUT2D eigenvalue weighted by Crippen LogP contribution is -2.53. The molecular weight excluding hydrogens is 409 g/mol. The fraction of sp³-hybridized carbons (Fsp3) is 0.938. The van der Waals surface area contributed by atoms with E-state index in [9.17, 15) is 0 Å². The SMILES string of the molecule is CCOCCCCNC(=NC)N1CCOC(C2CCCO2)C1.I. The van der Waals surface area contributed by atoms with Gasteiger partial charge in [0.15, 0.2) is 5.96 Å². The van der Waals surface area contributed by atoms with Gasteiger partial charge in [-0.05, 0) is 32.6 Å². The number of hydrogen-bond acceptors (Lipinski definition) is 4. The van der Waals surface area contributed by atoms with Crippen LogP contribution in [-0.4, -0.2) is 76.2 Å². The molecule has 2 fully saturated rings. The molecule has 0 aromatic carbocycles. The molecule has 2 atom stereocenters. The van der Waals surface area contributed by atoms with Gasteiger partial charge in [0, 0.05) is 46.5 Å². The van der Waals surface area contributed by atoms with Crippen LogP contribution < -0.4 is 5.32 Å². The van der Waals surface area contributed by atoms with Gasteiger partial charge in [-0.2, -0.15) is 0 Å². The van der Waals surface area contributed by atoms with Crippen molar-refractivity contribution in [2.24, 2.45) is 4.99 Å². The molecule has 6 nitrogen and oxygen atoms in total. The van der Waals surface area contributed by atoms with E-state index < -0.39 is 0 Å². The van der Waals surface area contributed by atoms with E-state index in [1.165, 1.54) is 0 Å².